The number of aromatic nitrogens is 3. The number of benzene rings is 1. The van der Waals surface area contributed by atoms with E-state index in [2.05, 4.69) is 4.98 Å². The minimum absolute atomic E-state index is 0.0545. The minimum atomic E-state index is -0.143. The molecule has 0 unspecified atom stereocenters. The van der Waals surface area contributed by atoms with Gasteiger partial charge in [0.25, 0.3) is 11.8 Å². The maximum Gasteiger partial charge on any atom is 0.272 e. The molecule has 0 bridgehead atoms. The number of fused-ring (bicyclic) bond motifs is 3. The summed E-state index contributed by atoms with van der Waals surface area (Å²) < 4.78 is 1.79. The Kier molecular flexibility index (Phi) is 5.39. The number of rotatable bonds is 3. The second-order valence-corrected chi connectivity index (χ2v) is 8.97. The first-order valence-electron chi connectivity index (χ1n) is 10.5. The Balaban J connectivity index is 1.43. The van der Waals surface area contributed by atoms with Gasteiger partial charge in [-0.25, -0.2) is 0 Å². The molecule has 0 aliphatic carbocycles. The lowest BCUT2D eigenvalue weighted by Crippen LogP contribution is -2.44. The van der Waals surface area contributed by atoms with Crippen LogP contribution in [0.3, 0.4) is 0 Å². The second kappa shape index (κ2) is 8.22. The van der Waals surface area contributed by atoms with Crippen LogP contribution in [0.4, 0.5) is 0 Å². The largest absolute Gasteiger partial charge is 0.331 e. The smallest absolute Gasteiger partial charge is 0.272 e. The molecule has 0 N–H and O–H groups in total. The molecule has 0 saturated heterocycles. The number of carbonyl (C=O) groups is 2. The van der Waals surface area contributed by atoms with Crippen LogP contribution < -0.4 is 0 Å². The van der Waals surface area contributed by atoms with E-state index in [1.54, 1.807) is 38.9 Å². The van der Waals surface area contributed by atoms with Gasteiger partial charge in [-0.05, 0) is 37.3 Å². The van der Waals surface area contributed by atoms with E-state index in [-0.39, 0.29) is 17.9 Å². The van der Waals surface area contributed by atoms with Crippen LogP contribution in [0.15, 0.2) is 42.6 Å². The van der Waals surface area contributed by atoms with Crippen LogP contribution in [-0.2, 0) is 26.1 Å². The zero-order valence-corrected chi connectivity index (χ0v) is 19.0. The molecule has 32 heavy (non-hydrogen) atoms. The number of amides is 2. The Bertz CT molecular complexity index is 1210. The van der Waals surface area contributed by atoms with E-state index in [4.69, 9.17) is 28.3 Å². The SMILES string of the molecule is C[C@@H]1Cc2nn3c(c2CN1C(=O)c1ccc(Cl)c(Cl)c1)C(=O)N(Cc1ccccn1)CC3. The molecule has 4 heterocycles. The fraction of sp³-hybridized carbons (Fsp3) is 0.304. The predicted octanol–water partition coefficient (Wildman–Crippen LogP) is 3.83. The molecule has 7 nitrogen and oxygen atoms in total. The molecular formula is C23H21Cl2N5O2. The van der Waals surface area contributed by atoms with E-state index in [9.17, 15) is 9.59 Å². The number of pyridine rings is 1. The molecule has 0 radical (unpaired) electrons. The average molecular weight is 470 g/mol. The van der Waals surface area contributed by atoms with Gasteiger partial charge in [0.15, 0.2) is 0 Å². The van der Waals surface area contributed by atoms with Gasteiger partial charge in [-0.2, -0.15) is 5.10 Å². The molecule has 0 spiro atoms. The third kappa shape index (κ3) is 3.65. The predicted molar refractivity (Wildman–Crippen MR) is 121 cm³/mol. The van der Waals surface area contributed by atoms with Crippen LogP contribution in [-0.4, -0.2) is 49.0 Å². The van der Waals surface area contributed by atoms with Gasteiger partial charge in [-0.15, -0.1) is 0 Å². The van der Waals surface area contributed by atoms with E-state index in [1.165, 1.54) is 0 Å². The Morgan fingerprint density at radius 3 is 2.75 bits per heavy atom. The van der Waals surface area contributed by atoms with Crippen molar-refractivity contribution >= 4 is 35.0 Å². The molecule has 2 aliphatic rings. The van der Waals surface area contributed by atoms with Crippen molar-refractivity contribution < 1.29 is 9.59 Å². The Labute approximate surface area is 195 Å². The number of carbonyl (C=O) groups excluding carboxylic acids is 2. The van der Waals surface area contributed by atoms with Gasteiger partial charge in [0.2, 0.25) is 0 Å². The van der Waals surface area contributed by atoms with Crippen molar-refractivity contribution in [1.82, 2.24) is 24.6 Å². The van der Waals surface area contributed by atoms with E-state index in [0.29, 0.717) is 53.9 Å². The third-order valence-corrected chi connectivity index (χ3v) is 6.80. The van der Waals surface area contributed by atoms with Crippen molar-refractivity contribution in [2.45, 2.75) is 39.0 Å². The second-order valence-electron chi connectivity index (χ2n) is 8.16. The van der Waals surface area contributed by atoms with Gasteiger partial charge in [0.1, 0.15) is 5.69 Å². The molecule has 2 amide bonds. The van der Waals surface area contributed by atoms with Crippen LogP contribution in [0.25, 0.3) is 0 Å². The summed E-state index contributed by atoms with van der Waals surface area (Å²) in [7, 11) is 0. The summed E-state index contributed by atoms with van der Waals surface area (Å²) >= 11 is 12.1. The molecule has 5 rings (SSSR count). The van der Waals surface area contributed by atoms with E-state index in [0.717, 1.165) is 17.0 Å². The first-order chi connectivity index (χ1) is 15.4. The monoisotopic (exact) mass is 469 g/mol. The normalized spacial score (nSPS) is 17.8. The third-order valence-electron chi connectivity index (χ3n) is 6.06. The highest BCUT2D eigenvalue weighted by atomic mass is 35.5. The van der Waals surface area contributed by atoms with Crippen LogP contribution in [0, 0.1) is 0 Å². The molecule has 1 atom stereocenters. The Hall–Kier alpha value is -2.90. The summed E-state index contributed by atoms with van der Waals surface area (Å²) in [6.45, 7) is 3.96. The number of nitrogens with zero attached hydrogens (tertiary/aromatic N) is 5. The molecular weight excluding hydrogens is 449 g/mol. The molecule has 164 valence electrons. The van der Waals surface area contributed by atoms with Crippen molar-refractivity contribution in [2.24, 2.45) is 0 Å². The van der Waals surface area contributed by atoms with Crippen LogP contribution in [0.5, 0.6) is 0 Å². The zero-order valence-electron chi connectivity index (χ0n) is 17.5. The number of hydrogen-bond donors (Lipinski definition) is 0. The summed E-state index contributed by atoms with van der Waals surface area (Å²) in [6, 6.07) is 10.5. The zero-order chi connectivity index (χ0) is 22.4. The lowest BCUT2D eigenvalue weighted by atomic mass is 9.97. The molecule has 3 aromatic rings. The molecule has 1 aromatic carbocycles. The lowest BCUT2D eigenvalue weighted by molar-refractivity contribution is 0.0636. The van der Waals surface area contributed by atoms with Crippen LogP contribution >= 0.6 is 23.2 Å². The van der Waals surface area contributed by atoms with Crippen molar-refractivity contribution in [3.63, 3.8) is 0 Å². The van der Waals surface area contributed by atoms with E-state index in [1.807, 2.05) is 25.1 Å². The first-order valence-corrected chi connectivity index (χ1v) is 11.2. The summed E-state index contributed by atoms with van der Waals surface area (Å²) in [5.41, 5.74) is 3.60. The molecule has 0 saturated carbocycles. The average Bonchev–Trinajstić information content (AvgIpc) is 3.15. The number of halogens is 2. The summed E-state index contributed by atoms with van der Waals surface area (Å²) in [5.74, 6) is -0.220. The highest BCUT2D eigenvalue weighted by molar-refractivity contribution is 6.42. The fourth-order valence-electron chi connectivity index (χ4n) is 4.37. The summed E-state index contributed by atoms with van der Waals surface area (Å²) in [4.78, 5) is 34.5. The summed E-state index contributed by atoms with van der Waals surface area (Å²) in [5, 5.41) is 5.45. The van der Waals surface area contributed by atoms with Crippen LogP contribution in [0.1, 0.15) is 44.7 Å². The number of hydrogen-bond acceptors (Lipinski definition) is 4. The highest BCUT2D eigenvalue weighted by Gasteiger charge is 2.37. The standard InChI is InChI=1S/C23H21Cl2N5O2/c1-14-10-20-17(13-29(14)22(31)15-5-6-18(24)19(25)11-15)21-23(32)28(8-9-30(21)27-20)12-16-4-2-3-7-26-16/h2-7,11,14H,8-10,12-13H2,1H3/t14-/m1/s1. The topological polar surface area (TPSA) is 71.3 Å². The molecule has 2 aromatic heterocycles. The highest BCUT2D eigenvalue weighted by Crippen LogP contribution is 2.31. The fourth-order valence-corrected chi connectivity index (χ4v) is 4.67. The van der Waals surface area contributed by atoms with Crippen molar-refractivity contribution in [3.05, 3.63) is 80.8 Å². The molecule has 9 heteroatoms. The maximum atomic E-state index is 13.4. The van der Waals surface area contributed by atoms with Crippen molar-refractivity contribution in [3.8, 4) is 0 Å². The molecule has 2 aliphatic heterocycles. The minimum Gasteiger partial charge on any atom is -0.331 e. The van der Waals surface area contributed by atoms with Crippen LogP contribution in [0.2, 0.25) is 10.0 Å². The van der Waals surface area contributed by atoms with Gasteiger partial charge in [0.05, 0.1) is 41.1 Å². The van der Waals surface area contributed by atoms with Crippen molar-refractivity contribution in [1.29, 1.82) is 0 Å². The van der Waals surface area contributed by atoms with Gasteiger partial charge < -0.3 is 9.80 Å². The summed E-state index contributed by atoms with van der Waals surface area (Å²) in [6.07, 6.45) is 2.32. The van der Waals surface area contributed by atoms with Gasteiger partial charge in [-0.3, -0.25) is 19.3 Å². The van der Waals surface area contributed by atoms with Gasteiger partial charge in [0, 0.05) is 36.3 Å². The Morgan fingerprint density at radius 1 is 1.16 bits per heavy atom. The quantitative estimate of drug-likeness (QED) is 0.584. The maximum absolute atomic E-state index is 13.4. The van der Waals surface area contributed by atoms with Gasteiger partial charge in [-0.1, -0.05) is 29.3 Å². The van der Waals surface area contributed by atoms with Gasteiger partial charge >= 0.3 is 0 Å². The van der Waals surface area contributed by atoms with Crippen molar-refractivity contribution in [2.75, 3.05) is 6.54 Å². The lowest BCUT2D eigenvalue weighted by Gasteiger charge is -2.34. The van der Waals surface area contributed by atoms with E-state index >= 15 is 0 Å². The first kappa shape index (κ1) is 21.0. The molecule has 0 fully saturated rings. The Morgan fingerprint density at radius 2 is 2.00 bits per heavy atom. The van der Waals surface area contributed by atoms with E-state index < -0.39 is 0 Å².